The van der Waals surface area contributed by atoms with Gasteiger partial charge in [-0.15, -0.1) is 0 Å². The molecule has 1 aromatic rings. The molecular weight excluding hydrogens is 252 g/mol. The maximum Gasteiger partial charge on any atom is 0.158 e. The molecular formula is C15H26N4O. The third kappa shape index (κ3) is 4.34. The summed E-state index contributed by atoms with van der Waals surface area (Å²) in [6, 6.07) is 2.50. The molecule has 1 saturated carbocycles. The van der Waals surface area contributed by atoms with Gasteiger partial charge in [0.2, 0.25) is 0 Å². The Morgan fingerprint density at radius 3 is 2.55 bits per heavy atom. The van der Waals surface area contributed by atoms with Crippen LogP contribution in [0.4, 0.5) is 11.6 Å². The number of ether oxygens (including phenoxy) is 1. The van der Waals surface area contributed by atoms with Crippen LogP contribution in [-0.4, -0.2) is 29.7 Å². The zero-order valence-corrected chi connectivity index (χ0v) is 12.8. The molecule has 0 saturated heterocycles. The SMILES string of the molecule is CCOCc1nc(NC)cc(NC2CCC(C)CC2)n1. The van der Waals surface area contributed by atoms with Crippen LogP contribution in [-0.2, 0) is 11.3 Å². The Hall–Kier alpha value is -1.36. The number of anilines is 2. The minimum absolute atomic E-state index is 0.461. The molecule has 112 valence electrons. The maximum atomic E-state index is 5.40. The largest absolute Gasteiger partial charge is 0.374 e. The van der Waals surface area contributed by atoms with E-state index in [-0.39, 0.29) is 0 Å². The zero-order valence-electron chi connectivity index (χ0n) is 12.8. The zero-order chi connectivity index (χ0) is 14.4. The summed E-state index contributed by atoms with van der Waals surface area (Å²) in [6.07, 6.45) is 5.04. The molecule has 2 N–H and O–H groups in total. The van der Waals surface area contributed by atoms with Gasteiger partial charge in [0.25, 0.3) is 0 Å². The summed E-state index contributed by atoms with van der Waals surface area (Å²) in [6.45, 7) is 5.45. The molecule has 1 aliphatic carbocycles. The van der Waals surface area contributed by atoms with Gasteiger partial charge in [-0.2, -0.15) is 0 Å². The van der Waals surface area contributed by atoms with E-state index in [4.69, 9.17) is 4.74 Å². The lowest BCUT2D eigenvalue weighted by Gasteiger charge is -2.27. The molecule has 0 spiro atoms. The highest BCUT2D eigenvalue weighted by atomic mass is 16.5. The van der Waals surface area contributed by atoms with Crippen LogP contribution in [0, 0.1) is 5.92 Å². The second-order valence-electron chi connectivity index (χ2n) is 5.54. The smallest absolute Gasteiger partial charge is 0.158 e. The fraction of sp³-hybridized carbons (Fsp3) is 0.733. The second-order valence-corrected chi connectivity index (χ2v) is 5.54. The van der Waals surface area contributed by atoms with E-state index < -0.39 is 0 Å². The third-order valence-corrected chi connectivity index (χ3v) is 3.83. The normalized spacial score (nSPS) is 22.6. The molecule has 0 amide bonds. The molecule has 0 aromatic carbocycles. The topological polar surface area (TPSA) is 59.1 Å². The first-order valence-corrected chi connectivity index (χ1v) is 7.61. The Bertz CT molecular complexity index is 416. The Labute approximate surface area is 121 Å². The van der Waals surface area contributed by atoms with E-state index in [1.807, 2.05) is 20.0 Å². The van der Waals surface area contributed by atoms with E-state index in [0.29, 0.717) is 19.3 Å². The predicted molar refractivity (Wildman–Crippen MR) is 82.0 cm³/mol. The molecule has 1 aromatic heterocycles. The molecule has 5 heteroatoms. The Morgan fingerprint density at radius 1 is 1.20 bits per heavy atom. The van der Waals surface area contributed by atoms with Gasteiger partial charge < -0.3 is 15.4 Å². The van der Waals surface area contributed by atoms with Crippen molar-refractivity contribution in [2.24, 2.45) is 5.92 Å². The Kier molecular flexibility index (Phi) is 5.59. The van der Waals surface area contributed by atoms with E-state index in [9.17, 15) is 0 Å². The van der Waals surface area contributed by atoms with Gasteiger partial charge in [-0.25, -0.2) is 9.97 Å². The van der Waals surface area contributed by atoms with E-state index >= 15 is 0 Å². The summed E-state index contributed by atoms with van der Waals surface area (Å²) in [5.41, 5.74) is 0. The van der Waals surface area contributed by atoms with Gasteiger partial charge in [0, 0.05) is 25.8 Å². The lowest BCUT2D eigenvalue weighted by molar-refractivity contribution is 0.128. The molecule has 2 rings (SSSR count). The molecule has 0 radical (unpaired) electrons. The summed E-state index contributed by atoms with van der Waals surface area (Å²) in [5, 5.41) is 6.63. The number of aromatic nitrogens is 2. The summed E-state index contributed by atoms with van der Waals surface area (Å²) in [4.78, 5) is 8.95. The van der Waals surface area contributed by atoms with Crippen LogP contribution >= 0.6 is 0 Å². The summed E-state index contributed by atoms with van der Waals surface area (Å²) in [5.74, 6) is 3.32. The molecule has 0 atom stereocenters. The monoisotopic (exact) mass is 278 g/mol. The first kappa shape index (κ1) is 15.0. The van der Waals surface area contributed by atoms with Crippen molar-refractivity contribution in [3.05, 3.63) is 11.9 Å². The van der Waals surface area contributed by atoms with Crippen molar-refractivity contribution in [3.8, 4) is 0 Å². The van der Waals surface area contributed by atoms with Crippen molar-refractivity contribution in [2.75, 3.05) is 24.3 Å². The predicted octanol–water partition coefficient (Wildman–Crippen LogP) is 3.05. The number of nitrogens with one attached hydrogen (secondary N) is 2. The Balaban J connectivity index is 2.02. The van der Waals surface area contributed by atoms with Crippen LogP contribution in [0.15, 0.2) is 6.07 Å². The van der Waals surface area contributed by atoms with Crippen LogP contribution in [0.5, 0.6) is 0 Å². The van der Waals surface area contributed by atoms with Crippen molar-refractivity contribution in [1.29, 1.82) is 0 Å². The number of hydrogen-bond donors (Lipinski definition) is 2. The molecule has 20 heavy (non-hydrogen) atoms. The van der Waals surface area contributed by atoms with Crippen molar-refractivity contribution in [1.82, 2.24) is 9.97 Å². The van der Waals surface area contributed by atoms with Gasteiger partial charge in [-0.05, 0) is 38.5 Å². The van der Waals surface area contributed by atoms with Gasteiger partial charge >= 0.3 is 0 Å². The van der Waals surface area contributed by atoms with Gasteiger partial charge in [-0.1, -0.05) is 6.92 Å². The summed E-state index contributed by atoms with van der Waals surface area (Å²) < 4.78 is 5.40. The molecule has 1 heterocycles. The first-order chi connectivity index (χ1) is 9.71. The highest BCUT2D eigenvalue weighted by Crippen LogP contribution is 2.26. The van der Waals surface area contributed by atoms with E-state index in [1.54, 1.807) is 0 Å². The van der Waals surface area contributed by atoms with Crippen molar-refractivity contribution in [2.45, 2.75) is 52.2 Å². The van der Waals surface area contributed by atoms with Crippen molar-refractivity contribution in [3.63, 3.8) is 0 Å². The van der Waals surface area contributed by atoms with E-state index in [1.165, 1.54) is 25.7 Å². The van der Waals surface area contributed by atoms with E-state index in [0.717, 1.165) is 23.4 Å². The van der Waals surface area contributed by atoms with Crippen LogP contribution in [0.2, 0.25) is 0 Å². The van der Waals surface area contributed by atoms with Gasteiger partial charge in [0.05, 0.1) is 0 Å². The molecule has 0 aliphatic heterocycles. The molecule has 1 aliphatic rings. The van der Waals surface area contributed by atoms with E-state index in [2.05, 4.69) is 27.5 Å². The van der Waals surface area contributed by atoms with Gasteiger partial charge in [0.1, 0.15) is 18.2 Å². The fourth-order valence-electron chi connectivity index (χ4n) is 2.57. The van der Waals surface area contributed by atoms with Crippen LogP contribution in [0.1, 0.15) is 45.4 Å². The molecule has 1 fully saturated rings. The fourth-order valence-corrected chi connectivity index (χ4v) is 2.57. The minimum Gasteiger partial charge on any atom is -0.374 e. The van der Waals surface area contributed by atoms with Crippen LogP contribution in [0.25, 0.3) is 0 Å². The molecule has 0 unspecified atom stereocenters. The molecule has 5 nitrogen and oxygen atoms in total. The molecule has 0 bridgehead atoms. The maximum absolute atomic E-state index is 5.40. The Morgan fingerprint density at radius 2 is 1.90 bits per heavy atom. The van der Waals surface area contributed by atoms with Crippen molar-refractivity contribution < 1.29 is 4.74 Å². The highest BCUT2D eigenvalue weighted by Gasteiger charge is 2.18. The minimum atomic E-state index is 0.461. The number of rotatable bonds is 6. The van der Waals surface area contributed by atoms with Gasteiger partial charge in [0.15, 0.2) is 5.82 Å². The number of nitrogens with zero attached hydrogens (tertiary/aromatic N) is 2. The summed E-state index contributed by atoms with van der Waals surface area (Å²) in [7, 11) is 1.87. The first-order valence-electron chi connectivity index (χ1n) is 7.61. The lowest BCUT2D eigenvalue weighted by Crippen LogP contribution is -2.26. The average Bonchev–Trinajstić information content (AvgIpc) is 2.47. The highest BCUT2D eigenvalue weighted by molar-refractivity contribution is 5.47. The van der Waals surface area contributed by atoms with Crippen LogP contribution < -0.4 is 10.6 Å². The quantitative estimate of drug-likeness (QED) is 0.837. The standard InChI is InChI=1S/C15H26N4O/c1-4-20-10-15-18-13(16-3)9-14(19-15)17-12-7-5-11(2)6-8-12/h9,11-12H,4-8,10H2,1-3H3,(H2,16,17,18,19). The average molecular weight is 278 g/mol. The van der Waals surface area contributed by atoms with Gasteiger partial charge in [-0.3, -0.25) is 0 Å². The summed E-state index contributed by atoms with van der Waals surface area (Å²) >= 11 is 0. The second kappa shape index (κ2) is 7.43. The third-order valence-electron chi connectivity index (χ3n) is 3.83. The van der Waals surface area contributed by atoms with Crippen LogP contribution in [0.3, 0.4) is 0 Å². The van der Waals surface area contributed by atoms with Crippen molar-refractivity contribution >= 4 is 11.6 Å². The lowest BCUT2D eigenvalue weighted by atomic mass is 9.87. The number of hydrogen-bond acceptors (Lipinski definition) is 5.